The molecule has 0 radical (unpaired) electrons. The zero-order valence-electron chi connectivity index (χ0n) is 11.9. The molecular weight excluding hydrogens is 240 g/mol. The van der Waals surface area contributed by atoms with Gasteiger partial charge in [-0.3, -0.25) is 0 Å². The molecule has 0 amide bonds. The number of carboxylic acid groups (broad SMARTS) is 1. The van der Waals surface area contributed by atoms with Crippen molar-refractivity contribution in [1.82, 2.24) is 0 Å². The summed E-state index contributed by atoms with van der Waals surface area (Å²) in [5.74, 6) is -0.876. The number of hydrogen-bond donors (Lipinski definition) is 1. The largest absolute Gasteiger partial charge is 0.478 e. The highest BCUT2D eigenvalue weighted by atomic mass is 16.5. The van der Waals surface area contributed by atoms with Crippen molar-refractivity contribution in [1.29, 1.82) is 0 Å². The molecular formula is C16H24O3. The van der Waals surface area contributed by atoms with Crippen LogP contribution in [0.5, 0.6) is 0 Å². The Kier molecular flexibility index (Phi) is 7.19. The Labute approximate surface area is 115 Å². The summed E-state index contributed by atoms with van der Waals surface area (Å²) in [6.07, 6.45) is 5.73. The number of ether oxygens (including phenoxy) is 1. The molecule has 1 aromatic carbocycles. The van der Waals surface area contributed by atoms with Crippen molar-refractivity contribution in [3.63, 3.8) is 0 Å². The molecule has 0 spiro atoms. The van der Waals surface area contributed by atoms with E-state index in [4.69, 9.17) is 9.84 Å². The van der Waals surface area contributed by atoms with Gasteiger partial charge in [0.1, 0.15) is 0 Å². The Morgan fingerprint density at radius 3 is 2.53 bits per heavy atom. The smallest absolute Gasteiger partial charge is 0.335 e. The van der Waals surface area contributed by atoms with Gasteiger partial charge in [-0.05, 0) is 43.9 Å². The predicted octanol–water partition coefficient (Wildman–Crippen LogP) is 3.91. The van der Waals surface area contributed by atoms with E-state index in [1.807, 2.05) is 12.1 Å². The number of unbranched alkanes of at least 4 members (excludes halogenated alkanes) is 2. The van der Waals surface area contributed by atoms with Gasteiger partial charge in [-0.25, -0.2) is 4.79 Å². The van der Waals surface area contributed by atoms with Crippen LogP contribution in [0.2, 0.25) is 0 Å². The quantitative estimate of drug-likeness (QED) is 0.688. The number of benzene rings is 1. The second-order valence-electron chi connectivity index (χ2n) is 4.93. The third-order valence-electron chi connectivity index (χ3n) is 3.19. The maximum atomic E-state index is 10.7. The standard InChI is InChI=1S/C16H24O3/c1-3-4-5-12-19-13(2)6-7-14-8-10-15(11-9-14)16(17)18/h8-11,13H,3-7,12H2,1-2H3,(H,17,18). The average Bonchev–Trinajstić information content (AvgIpc) is 2.42. The Morgan fingerprint density at radius 2 is 1.95 bits per heavy atom. The number of hydrogen-bond acceptors (Lipinski definition) is 2. The highest BCUT2D eigenvalue weighted by Gasteiger charge is 2.05. The van der Waals surface area contributed by atoms with Crippen molar-refractivity contribution in [3.05, 3.63) is 35.4 Å². The zero-order chi connectivity index (χ0) is 14.1. The summed E-state index contributed by atoms with van der Waals surface area (Å²) < 4.78 is 5.73. The van der Waals surface area contributed by atoms with Gasteiger partial charge in [0.05, 0.1) is 11.7 Å². The lowest BCUT2D eigenvalue weighted by molar-refractivity contribution is 0.0579. The highest BCUT2D eigenvalue weighted by molar-refractivity contribution is 5.87. The monoisotopic (exact) mass is 264 g/mol. The van der Waals surface area contributed by atoms with E-state index >= 15 is 0 Å². The summed E-state index contributed by atoms with van der Waals surface area (Å²) in [4.78, 5) is 10.7. The molecule has 0 saturated heterocycles. The summed E-state index contributed by atoms with van der Waals surface area (Å²) in [7, 11) is 0. The lowest BCUT2D eigenvalue weighted by atomic mass is 10.1. The molecule has 3 nitrogen and oxygen atoms in total. The first kappa shape index (κ1) is 15.7. The molecule has 0 heterocycles. The van der Waals surface area contributed by atoms with Gasteiger partial charge >= 0.3 is 5.97 Å². The van der Waals surface area contributed by atoms with Gasteiger partial charge < -0.3 is 9.84 Å². The van der Waals surface area contributed by atoms with E-state index in [9.17, 15) is 4.79 Å². The molecule has 0 fully saturated rings. The molecule has 1 N–H and O–H groups in total. The Morgan fingerprint density at radius 1 is 1.26 bits per heavy atom. The molecule has 0 aliphatic rings. The molecule has 106 valence electrons. The molecule has 1 unspecified atom stereocenters. The first-order valence-electron chi connectivity index (χ1n) is 7.07. The van der Waals surface area contributed by atoms with Crippen LogP contribution >= 0.6 is 0 Å². The van der Waals surface area contributed by atoms with Gasteiger partial charge in [0.2, 0.25) is 0 Å². The third kappa shape index (κ3) is 6.39. The SMILES string of the molecule is CCCCCOC(C)CCc1ccc(C(=O)O)cc1. The molecule has 1 rings (SSSR count). The van der Waals surface area contributed by atoms with Crippen LogP contribution in [0.25, 0.3) is 0 Å². The van der Waals surface area contributed by atoms with Crippen molar-refractivity contribution in [2.45, 2.75) is 52.1 Å². The fourth-order valence-corrected chi connectivity index (χ4v) is 1.90. The number of carboxylic acids is 1. The Bertz CT molecular complexity index is 370. The summed E-state index contributed by atoms with van der Waals surface area (Å²) in [5.41, 5.74) is 1.50. The van der Waals surface area contributed by atoms with Crippen LogP contribution in [0.3, 0.4) is 0 Å². The van der Waals surface area contributed by atoms with Crippen molar-refractivity contribution in [2.75, 3.05) is 6.61 Å². The van der Waals surface area contributed by atoms with E-state index in [2.05, 4.69) is 13.8 Å². The molecule has 0 aliphatic carbocycles. The van der Waals surface area contributed by atoms with Crippen molar-refractivity contribution in [3.8, 4) is 0 Å². The van der Waals surface area contributed by atoms with Gasteiger partial charge in [-0.15, -0.1) is 0 Å². The van der Waals surface area contributed by atoms with Crippen molar-refractivity contribution < 1.29 is 14.6 Å². The fraction of sp³-hybridized carbons (Fsp3) is 0.562. The lowest BCUT2D eigenvalue weighted by Crippen LogP contribution is -2.10. The number of aryl methyl sites for hydroxylation is 1. The minimum atomic E-state index is -0.876. The van der Waals surface area contributed by atoms with Gasteiger partial charge in [-0.2, -0.15) is 0 Å². The first-order valence-corrected chi connectivity index (χ1v) is 7.07. The molecule has 0 bridgehead atoms. The number of carbonyl (C=O) groups is 1. The molecule has 0 saturated carbocycles. The predicted molar refractivity (Wildman–Crippen MR) is 76.7 cm³/mol. The van der Waals surface area contributed by atoms with E-state index in [-0.39, 0.29) is 6.10 Å². The summed E-state index contributed by atoms with van der Waals surface area (Å²) in [5, 5.41) is 8.81. The van der Waals surface area contributed by atoms with Crippen LogP contribution in [-0.4, -0.2) is 23.8 Å². The third-order valence-corrected chi connectivity index (χ3v) is 3.19. The van der Waals surface area contributed by atoms with Crippen LogP contribution in [0.15, 0.2) is 24.3 Å². The van der Waals surface area contributed by atoms with Crippen molar-refractivity contribution >= 4 is 5.97 Å². The van der Waals surface area contributed by atoms with Crippen molar-refractivity contribution in [2.24, 2.45) is 0 Å². The average molecular weight is 264 g/mol. The second-order valence-corrected chi connectivity index (χ2v) is 4.93. The molecule has 0 aromatic heterocycles. The maximum Gasteiger partial charge on any atom is 0.335 e. The topological polar surface area (TPSA) is 46.5 Å². The Balaban J connectivity index is 2.25. The van der Waals surface area contributed by atoms with Crippen LogP contribution in [0.4, 0.5) is 0 Å². The lowest BCUT2D eigenvalue weighted by Gasteiger charge is -2.12. The fourth-order valence-electron chi connectivity index (χ4n) is 1.90. The second kappa shape index (κ2) is 8.70. The minimum absolute atomic E-state index is 0.260. The van der Waals surface area contributed by atoms with E-state index in [1.54, 1.807) is 12.1 Å². The number of rotatable bonds is 9. The molecule has 19 heavy (non-hydrogen) atoms. The van der Waals surface area contributed by atoms with Gasteiger partial charge in [0, 0.05) is 6.61 Å². The zero-order valence-corrected chi connectivity index (χ0v) is 11.9. The molecule has 1 aromatic rings. The van der Waals surface area contributed by atoms with Gasteiger partial charge in [-0.1, -0.05) is 31.9 Å². The van der Waals surface area contributed by atoms with Gasteiger partial charge in [0.15, 0.2) is 0 Å². The first-order chi connectivity index (χ1) is 9.13. The van der Waals surface area contributed by atoms with Crippen LogP contribution in [0.1, 0.15) is 55.5 Å². The van der Waals surface area contributed by atoms with E-state index in [1.165, 1.54) is 12.8 Å². The summed E-state index contributed by atoms with van der Waals surface area (Å²) in [6, 6.07) is 7.08. The van der Waals surface area contributed by atoms with Crippen LogP contribution in [-0.2, 0) is 11.2 Å². The van der Waals surface area contributed by atoms with E-state index < -0.39 is 5.97 Å². The number of aromatic carboxylic acids is 1. The normalized spacial score (nSPS) is 12.3. The summed E-state index contributed by atoms with van der Waals surface area (Å²) >= 11 is 0. The highest BCUT2D eigenvalue weighted by Crippen LogP contribution is 2.10. The molecule has 0 aliphatic heterocycles. The van der Waals surface area contributed by atoms with E-state index in [0.717, 1.165) is 31.4 Å². The van der Waals surface area contributed by atoms with Crippen LogP contribution in [0, 0.1) is 0 Å². The molecule has 3 heteroatoms. The minimum Gasteiger partial charge on any atom is -0.478 e. The van der Waals surface area contributed by atoms with Gasteiger partial charge in [0.25, 0.3) is 0 Å². The van der Waals surface area contributed by atoms with Crippen LogP contribution < -0.4 is 0 Å². The summed E-state index contributed by atoms with van der Waals surface area (Å²) in [6.45, 7) is 5.12. The molecule has 1 atom stereocenters. The Hall–Kier alpha value is -1.35. The van der Waals surface area contributed by atoms with E-state index in [0.29, 0.717) is 5.56 Å². The maximum absolute atomic E-state index is 10.7.